The molecule has 104 valence electrons. The summed E-state index contributed by atoms with van der Waals surface area (Å²) < 4.78 is 13.6. The highest BCUT2D eigenvalue weighted by atomic mass is 19.1. The Morgan fingerprint density at radius 3 is 2.60 bits per heavy atom. The Labute approximate surface area is 116 Å². The van der Waals surface area contributed by atoms with Gasteiger partial charge in [-0.1, -0.05) is 18.2 Å². The predicted octanol–water partition coefficient (Wildman–Crippen LogP) is 3.28. The van der Waals surface area contributed by atoms with Crippen molar-refractivity contribution in [2.24, 2.45) is 0 Å². The minimum absolute atomic E-state index is 0.0501. The number of carboxylic acid groups (broad SMARTS) is 1. The predicted molar refractivity (Wildman–Crippen MR) is 76.3 cm³/mol. The van der Waals surface area contributed by atoms with Crippen LogP contribution in [0.25, 0.3) is 0 Å². The van der Waals surface area contributed by atoms with Crippen LogP contribution in [0.1, 0.15) is 28.9 Å². The highest BCUT2D eigenvalue weighted by Gasteiger charge is 2.12. The van der Waals surface area contributed by atoms with E-state index in [2.05, 4.69) is 5.32 Å². The van der Waals surface area contributed by atoms with Gasteiger partial charge in [0.05, 0.1) is 11.6 Å². The van der Waals surface area contributed by atoms with Gasteiger partial charge in [0, 0.05) is 16.9 Å². The van der Waals surface area contributed by atoms with Crippen LogP contribution in [0.4, 0.5) is 15.8 Å². The van der Waals surface area contributed by atoms with Crippen LogP contribution in [0, 0.1) is 5.82 Å². The average Bonchev–Trinajstić information content (AvgIpc) is 2.38. The lowest BCUT2D eigenvalue weighted by molar-refractivity contribution is 0.0698. The van der Waals surface area contributed by atoms with Gasteiger partial charge in [0.25, 0.3) is 0 Å². The summed E-state index contributed by atoms with van der Waals surface area (Å²) in [6, 6.07) is 10.8. The standard InChI is InChI=1S/C15H15FN2O2/c1-9(11-4-2-3-5-13(11)16)18-10-6-7-12(15(19)20)14(17)8-10/h2-9,18H,17H2,1H3,(H,19,20). The molecule has 2 aromatic rings. The van der Waals surface area contributed by atoms with Gasteiger partial charge in [-0.3, -0.25) is 0 Å². The first-order chi connectivity index (χ1) is 9.49. The monoisotopic (exact) mass is 274 g/mol. The number of nitrogens with one attached hydrogen (secondary N) is 1. The lowest BCUT2D eigenvalue weighted by Crippen LogP contribution is -2.09. The van der Waals surface area contributed by atoms with Crippen LogP contribution in [-0.4, -0.2) is 11.1 Å². The Morgan fingerprint density at radius 1 is 1.30 bits per heavy atom. The molecule has 0 amide bonds. The molecule has 4 nitrogen and oxygen atoms in total. The summed E-state index contributed by atoms with van der Waals surface area (Å²) in [6.07, 6.45) is 0. The van der Waals surface area contributed by atoms with Gasteiger partial charge in [-0.2, -0.15) is 0 Å². The molecule has 0 fully saturated rings. The summed E-state index contributed by atoms with van der Waals surface area (Å²) in [5, 5.41) is 12.0. The fraction of sp³-hybridized carbons (Fsp3) is 0.133. The van der Waals surface area contributed by atoms with Crippen molar-refractivity contribution in [3.05, 3.63) is 59.4 Å². The molecule has 0 spiro atoms. The first kappa shape index (κ1) is 13.9. The van der Waals surface area contributed by atoms with Gasteiger partial charge in [-0.15, -0.1) is 0 Å². The van der Waals surface area contributed by atoms with Crippen LogP contribution >= 0.6 is 0 Å². The number of benzene rings is 2. The zero-order valence-corrected chi connectivity index (χ0v) is 10.9. The molecule has 2 aromatic carbocycles. The van der Waals surface area contributed by atoms with Gasteiger partial charge in [-0.05, 0) is 31.2 Å². The smallest absolute Gasteiger partial charge is 0.337 e. The number of aromatic carboxylic acids is 1. The number of halogens is 1. The maximum atomic E-state index is 13.6. The van der Waals surface area contributed by atoms with Crippen molar-refractivity contribution in [2.75, 3.05) is 11.1 Å². The van der Waals surface area contributed by atoms with Crippen LogP contribution in [0.3, 0.4) is 0 Å². The number of nitrogens with two attached hydrogens (primary N) is 1. The molecular weight excluding hydrogens is 259 g/mol. The zero-order chi connectivity index (χ0) is 14.7. The van der Waals surface area contributed by atoms with E-state index in [1.807, 2.05) is 6.92 Å². The molecule has 1 atom stereocenters. The summed E-state index contributed by atoms with van der Waals surface area (Å²) in [5.41, 5.74) is 7.07. The summed E-state index contributed by atoms with van der Waals surface area (Å²) in [7, 11) is 0. The highest BCUT2D eigenvalue weighted by Crippen LogP contribution is 2.24. The van der Waals surface area contributed by atoms with E-state index >= 15 is 0 Å². The van der Waals surface area contributed by atoms with E-state index < -0.39 is 5.97 Å². The van der Waals surface area contributed by atoms with E-state index in [-0.39, 0.29) is 23.1 Å². The molecule has 0 saturated heterocycles. The fourth-order valence-corrected chi connectivity index (χ4v) is 2.00. The van der Waals surface area contributed by atoms with Gasteiger partial charge in [0.15, 0.2) is 0 Å². The number of hydrogen-bond acceptors (Lipinski definition) is 3. The normalized spacial score (nSPS) is 11.9. The van der Waals surface area contributed by atoms with Crippen molar-refractivity contribution < 1.29 is 14.3 Å². The Morgan fingerprint density at radius 2 is 2.00 bits per heavy atom. The first-order valence-corrected chi connectivity index (χ1v) is 6.13. The molecule has 1 unspecified atom stereocenters. The van der Waals surface area contributed by atoms with E-state index in [1.165, 1.54) is 18.2 Å². The summed E-state index contributed by atoms with van der Waals surface area (Å²) in [5.74, 6) is -1.36. The highest BCUT2D eigenvalue weighted by molar-refractivity contribution is 5.94. The van der Waals surface area contributed by atoms with Crippen LogP contribution in [0.15, 0.2) is 42.5 Å². The second kappa shape index (κ2) is 5.61. The van der Waals surface area contributed by atoms with Gasteiger partial charge < -0.3 is 16.2 Å². The maximum Gasteiger partial charge on any atom is 0.337 e. The summed E-state index contributed by atoms with van der Waals surface area (Å²) in [4.78, 5) is 10.9. The molecule has 2 rings (SSSR count). The van der Waals surface area contributed by atoms with Crippen molar-refractivity contribution >= 4 is 17.3 Å². The average molecular weight is 274 g/mol. The van der Waals surface area contributed by atoms with Crippen molar-refractivity contribution in [1.82, 2.24) is 0 Å². The third-order valence-corrected chi connectivity index (χ3v) is 3.04. The molecule has 0 aromatic heterocycles. The Balaban J connectivity index is 2.20. The molecule has 0 bridgehead atoms. The van der Waals surface area contributed by atoms with Crippen molar-refractivity contribution in [2.45, 2.75) is 13.0 Å². The second-order valence-electron chi connectivity index (χ2n) is 4.49. The van der Waals surface area contributed by atoms with Crippen LogP contribution in [0.2, 0.25) is 0 Å². The van der Waals surface area contributed by atoms with E-state index in [0.717, 1.165) is 0 Å². The number of rotatable bonds is 4. The molecule has 0 radical (unpaired) electrons. The maximum absolute atomic E-state index is 13.6. The van der Waals surface area contributed by atoms with Crippen LogP contribution in [0.5, 0.6) is 0 Å². The molecule has 0 aliphatic carbocycles. The van der Waals surface area contributed by atoms with E-state index in [9.17, 15) is 9.18 Å². The van der Waals surface area contributed by atoms with Crippen molar-refractivity contribution in [3.63, 3.8) is 0 Å². The molecule has 0 aliphatic rings. The number of carboxylic acids is 1. The lowest BCUT2D eigenvalue weighted by atomic mass is 10.1. The van der Waals surface area contributed by atoms with E-state index in [1.54, 1.807) is 24.3 Å². The number of nitrogen functional groups attached to an aromatic ring is 1. The molecule has 20 heavy (non-hydrogen) atoms. The van der Waals surface area contributed by atoms with Crippen LogP contribution < -0.4 is 11.1 Å². The largest absolute Gasteiger partial charge is 0.478 e. The van der Waals surface area contributed by atoms with Crippen LogP contribution in [-0.2, 0) is 0 Å². The minimum atomic E-state index is -1.07. The Hall–Kier alpha value is -2.56. The molecule has 5 heteroatoms. The molecule has 0 aliphatic heterocycles. The molecule has 0 heterocycles. The van der Waals surface area contributed by atoms with Crippen molar-refractivity contribution in [1.29, 1.82) is 0 Å². The summed E-state index contributed by atoms with van der Waals surface area (Å²) in [6.45, 7) is 1.82. The molecule has 4 N–H and O–H groups in total. The lowest BCUT2D eigenvalue weighted by Gasteiger charge is -2.17. The van der Waals surface area contributed by atoms with Crippen molar-refractivity contribution in [3.8, 4) is 0 Å². The molecule has 0 saturated carbocycles. The summed E-state index contributed by atoms with van der Waals surface area (Å²) >= 11 is 0. The number of hydrogen-bond donors (Lipinski definition) is 3. The fourth-order valence-electron chi connectivity index (χ4n) is 2.00. The van der Waals surface area contributed by atoms with Gasteiger partial charge >= 0.3 is 5.97 Å². The van der Waals surface area contributed by atoms with Gasteiger partial charge in [0.1, 0.15) is 5.82 Å². The third kappa shape index (κ3) is 2.88. The number of carbonyl (C=O) groups is 1. The van der Waals surface area contributed by atoms with Gasteiger partial charge in [-0.25, -0.2) is 9.18 Å². The zero-order valence-electron chi connectivity index (χ0n) is 10.9. The van der Waals surface area contributed by atoms with E-state index in [4.69, 9.17) is 10.8 Å². The SMILES string of the molecule is CC(Nc1ccc(C(=O)O)c(N)c1)c1ccccc1F. The Bertz CT molecular complexity index is 644. The first-order valence-electron chi connectivity index (χ1n) is 6.13. The topological polar surface area (TPSA) is 75.3 Å². The second-order valence-corrected chi connectivity index (χ2v) is 4.49. The Kier molecular flexibility index (Phi) is 3.89. The quantitative estimate of drug-likeness (QED) is 0.748. The minimum Gasteiger partial charge on any atom is -0.478 e. The molecular formula is C15H15FN2O2. The van der Waals surface area contributed by atoms with E-state index in [0.29, 0.717) is 11.3 Å². The number of anilines is 2. The third-order valence-electron chi connectivity index (χ3n) is 3.04. The van der Waals surface area contributed by atoms with Gasteiger partial charge in [0.2, 0.25) is 0 Å².